The van der Waals surface area contributed by atoms with Crippen LogP contribution in [0.4, 0.5) is 17.5 Å². The Labute approximate surface area is 189 Å². The normalized spacial score (nSPS) is 18.2. The highest BCUT2D eigenvalue weighted by atomic mass is 15.3. The lowest BCUT2D eigenvalue weighted by atomic mass is 10.1. The number of hydrogen-bond donors (Lipinski definition) is 1. The zero-order valence-electron chi connectivity index (χ0n) is 18.9. The molecule has 5 rings (SSSR count). The van der Waals surface area contributed by atoms with Gasteiger partial charge in [0.15, 0.2) is 5.82 Å². The lowest BCUT2D eigenvalue weighted by Gasteiger charge is -2.38. The molecule has 1 atom stereocenters. The maximum atomic E-state index is 5.91. The number of rotatable bonds is 5. The molecule has 2 N–H and O–H groups in total. The van der Waals surface area contributed by atoms with Crippen LogP contribution in [-0.4, -0.2) is 71.0 Å². The predicted octanol–water partition coefficient (Wildman–Crippen LogP) is 2.38. The van der Waals surface area contributed by atoms with Gasteiger partial charge in [-0.25, -0.2) is 4.68 Å². The van der Waals surface area contributed by atoms with Gasteiger partial charge in [0.2, 0.25) is 5.95 Å². The second-order valence-electron chi connectivity index (χ2n) is 8.78. The van der Waals surface area contributed by atoms with E-state index in [0.717, 1.165) is 49.7 Å². The molecule has 2 aliphatic heterocycles. The lowest BCUT2D eigenvalue weighted by molar-refractivity contribution is 0.249. The summed E-state index contributed by atoms with van der Waals surface area (Å²) in [7, 11) is 3.86. The van der Waals surface area contributed by atoms with Crippen molar-refractivity contribution in [2.45, 2.75) is 19.4 Å². The third-order valence-corrected chi connectivity index (χ3v) is 6.42. The van der Waals surface area contributed by atoms with Crippen molar-refractivity contribution in [1.82, 2.24) is 24.6 Å². The quantitative estimate of drug-likeness (QED) is 0.666. The molecule has 1 unspecified atom stereocenters. The summed E-state index contributed by atoms with van der Waals surface area (Å²) >= 11 is 0. The molecule has 0 spiro atoms. The molecule has 8 heteroatoms. The molecule has 0 bridgehead atoms. The number of para-hydroxylation sites is 1. The Bertz CT molecular complexity index is 1150. The topological polar surface area (TPSA) is 79.3 Å². The number of nitrogen functional groups attached to an aromatic ring is 1. The van der Waals surface area contributed by atoms with Crippen LogP contribution in [0.2, 0.25) is 0 Å². The second kappa shape index (κ2) is 8.27. The first-order valence-electron chi connectivity index (χ1n) is 11.1. The number of nitrogens with two attached hydrogens (primary N) is 1. The van der Waals surface area contributed by atoms with Crippen molar-refractivity contribution in [1.29, 1.82) is 0 Å². The van der Waals surface area contributed by atoms with Crippen LogP contribution in [-0.2, 0) is 6.42 Å². The number of piperazine rings is 1. The summed E-state index contributed by atoms with van der Waals surface area (Å²) in [6.07, 6.45) is 7.43. The van der Waals surface area contributed by atoms with Crippen molar-refractivity contribution < 1.29 is 0 Å². The van der Waals surface area contributed by atoms with Crippen LogP contribution < -0.4 is 15.5 Å². The van der Waals surface area contributed by atoms with Crippen molar-refractivity contribution in [3.63, 3.8) is 0 Å². The molecular weight excluding hydrogens is 400 g/mol. The maximum absolute atomic E-state index is 5.91. The van der Waals surface area contributed by atoms with Crippen LogP contribution >= 0.6 is 0 Å². The van der Waals surface area contributed by atoms with Gasteiger partial charge < -0.3 is 15.5 Å². The third kappa shape index (κ3) is 3.82. The summed E-state index contributed by atoms with van der Waals surface area (Å²) < 4.78 is 1.82. The summed E-state index contributed by atoms with van der Waals surface area (Å²) in [5, 5.41) is 4.54. The molecule has 1 saturated heterocycles. The van der Waals surface area contributed by atoms with E-state index < -0.39 is 0 Å². The monoisotopic (exact) mass is 430 g/mol. The van der Waals surface area contributed by atoms with Gasteiger partial charge in [-0.1, -0.05) is 30.4 Å². The molecule has 2 aromatic heterocycles. The van der Waals surface area contributed by atoms with E-state index in [1.165, 1.54) is 11.3 Å². The van der Waals surface area contributed by atoms with Gasteiger partial charge in [0.05, 0.1) is 11.9 Å². The number of anilines is 3. The first-order valence-corrected chi connectivity index (χ1v) is 11.1. The van der Waals surface area contributed by atoms with Crippen molar-refractivity contribution in [2.24, 2.45) is 0 Å². The Kier molecular flexibility index (Phi) is 5.30. The summed E-state index contributed by atoms with van der Waals surface area (Å²) in [4.78, 5) is 15.7. The van der Waals surface area contributed by atoms with Crippen LogP contribution in [0.15, 0.2) is 42.6 Å². The standard InChI is InChI=1S/C24H30N8/c1-17-19(15-26-32(17)23-14-22(29(2)3)27-24(25)28-23)8-6-10-30-11-12-31-20(16-30)13-18-7-4-5-9-21(18)31/h4-9,14-15,20H,10-13,16H2,1-3H3,(H2,25,27,28). The highest BCUT2D eigenvalue weighted by Gasteiger charge is 2.33. The first-order chi connectivity index (χ1) is 15.5. The Balaban J connectivity index is 1.25. The van der Waals surface area contributed by atoms with Gasteiger partial charge in [0, 0.05) is 63.6 Å². The average Bonchev–Trinajstić information content (AvgIpc) is 3.33. The third-order valence-electron chi connectivity index (χ3n) is 6.42. The van der Waals surface area contributed by atoms with Gasteiger partial charge in [0.1, 0.15) is 5.82 Å². The van der Waals surface area contributed by atoms with Gasteiger partial charge in [-0.15, -0.1) is 0 Å². The SMILES string of the molecule is Cc1c(C=CCN2CCN3c4ccccc4CC3C2)cnn1-c1cc(N(C)C)nc(N)n1. The van der Waals surface area contributed by atoms with Crippen LogP contribution in [0.1, 0.15) is 16.8 Å². The average molecular weight is 431 g/mol. The number of nitrogens with zero attached hydrogens (tertiary/aromatic N) is 7. The molecule has 0 aliphatic carbocycles. The highest BCUT2D eigenvalue weighted by Crippen LogP contribution is 2.33. The zero-order chi connectivity index (χ0) is 22.2. The van der Waals surface area contributed by atoms with Gasteiger partial charge in [-0.05, 0) is 25.0 Å². The highest BCUT2D eigenvalue weighted by molar-refractivity contribution is 5.60. The molecule has 166 valence electrons. The van der Waals surface area contributed by atoms with E-state index in [4.69, 9.17) is 5.73 Å². The van der Waals surface area contributed by atoms with E-state index >= 15 is 0 Å². The lowest BCUT2D eigenvalue weighted by Crippen LogP contribution is -2.51. The number of fused-ring (bicyclic) bond motifs is 3. The van der Waals surface area contributed by atoms with Crippen LogP contribution in [0.5, 0.6) is 0 Å². The molecule has 0 saturated carbocycles. The maximum Gasteiger partial charge on any atom is 0.224 e. The number of benzene rings is 1. The molecule has 8 nitrogen and oxygen atoms in total. The molecule has 2 aliphatic rings. The Morgan fingerprint density at radius 2 is 2.03 bits per heavy atom. The van der Waals surface area contributed by atoms with Crippen molar-refractivity contribution in [2.75, 3.05) is 55.8 Å². The minimum Gasteiger partial charge on any atom is -0.368 e. The first kappa shape index (κ1) is 20.5. The fourth-order valence-electron chi connectivity index (χ4n) is 4.72. The Hall–Kier alpha value is -3.39. The second-order valence-corrected chi connectivity index (χ2v) is 8.78. The summed E-state index contributed by atoms with van der Waals surface area (Å²) in [5.41, 5.74) is 10.9. The van der Waals surface area contributed by atoms with E-state index in [1.807, 2.05) is 35.9 Å². The van der Waals surface area contributed by atoms with Crippen LogP contribution in [0.3, 0.4) is 0 Å². The molecular formula is C24H30N8. The van der Waals surface area contributed by atoms with E-state index in [9.17, 15) is 0 Å². The zero-order valence-corrected chi connectivity index (χ0v) is 18.9. The van der Waals surface area contributed by atoms with E-state index in [1.54, 1.807) is 0 Å². The summed E-state index contributed by atoms with van der Waals surface area (Å²) in [6.45, 7) is 6.27. The molecule has 1 aromatic carbocycles. The predicted molar refractivity (Wildman–Crippen MR) is 129 cm³/mol. The van der Waals surface area contributed by atoms with Gasteiger partial charge >= 0.3 is 0 Å². The Morgan fingerprint density at radius 3 is 2.88 bits per heavy atom. The number of hydrogen-bond acceptors (Lipinski definition) is 7. The molecule has 0 radical (unpaired) electrons. The van der Waals surface area contributed by atoms with E-state index in [-0.39, 0.29) is 5.95 Å². The largest absolute Gasteiger partial charge is 0.368 e. The van der Waals surface area contributed by atoms with Crippen molar-refractivity contribution in [3.05, 3.63) is 59.4 Å². The summed E-state index contributed by atoms with van der Waals surface area (Å²) in [5.74, 6) is 1.68. The minimum atomic E-state index is 0.242. The van der Waals surface area contributed by atoms with E-state index in [0.29, 0.717) is 11.9 Å². The fraction of sp³-hybridized carbons (Fsp3) is 0.375. The smallest absolute Gasteiger partial charge is 0.224 e. The molecule has 32 heavy (non-hydrogen) atoms. The van der Waals surface area contributed by atoms with Crippen molar-refractivity contribution in [3.8, 4) is 5.82 Å². The molecule has 0 amide bonds. The van der Waals surface area contributed by atoms with Gasteiger partial charge in [0.25, 0.3) is 0 Å². The van der Waals surface area contributed by atoms with Crippen LogP contribution in [0.25, 0.3) is 11.9 Å². The van der Waals surface area contributed by atoms with Crippen LogP contribution in [0, 0.1) is 6.92 Å². The molecule has 4 heterocycles. The summed E-state index contributed by atoms with van der Waals surface area (Å²) in [6, 6.07) is 11.3. The number of aromatic nitrogens is 4. The fourth-order valence-corrected chi connectivity index (χ4v) is 4.72. The van der Waals surface area contributed by atoms with E-state index in [2.05, 4.69) is 68.2 Å². The minimum absolute atomic E-state index is 0.242. The van der Waals surface area contributed by atoms with Gasteiger partial charge in [-0.3, -0.25) is 4.90 Å². The Morgan fingerprint density at radius 1 is 1.19 bits per heavy atom. The van der Waals surface area contributed by atoms with Crippen molar-refractivity contribution >= 4 is 23.5 Å². The van der Waals surface area contributed by atoms with Gasteiger partial charge in [-0.2, -0.15) is 15.1 Å². The molecule has 1 fully saturated rings. The molecule has 3 aromatic rings.